The molecule has 0 spiro atoms. The number of halogens is 3. The lowest BCUT2D eigenvalue weighted by Gasteiger charge is -2.49. The summed E-state index contributed by atoms with van der Waals surface area (Å²) >= 11 is 0. The number of amides is 1. The number of ether oxygens (including phenoxy) is 4. The predicted octanol–water partition coefficient (Wildman–Crippen LogP) is -1.10. The van der Waals surface area contributed by atoms with Crippen molar-refractivity contribution in [3.8, 4) is 0 Å². The molecular weight excluding hydrogens is 459 g/mol. The summed E-state index contributed by atoms with van der Waals surface area (Å²) < 4.78 is 83.8. The Bertz CT molecular complexity index is 844. The zero-order chi connectivity index (χ0) is 24.4. The van der Waals surface area contributed by atoms with E-state index in [4.69, 9.17) is 9.47 Å². The lowest BCUT2D eigenvalue weighted by molar-refractivity contribution is -0.279. The summed E-state index contributed by atoms with van der Waals surface area (Å²) in [5.41, 5.74) is -6.10. The smallest absolute Gasteiger partial charge is 0.463 e. The van der Waals surface area contributed by atoms with Crippen LogP contribution in [0, 0.1) is 0 Å². The molecule has 1 saturated heterocycles. The van der Waals surface area contributed by atoms with Crippen LogP contribution >= 0.6 is 0 Å². The third kappa shape index (κ3) is 5.62. The highest BCUT2D eigenvalue weighted by Gasteiger charge is 2.72. The minimum absolute atomic E-state index is 0.683. The third-order valence-electron chi connectivity index (χ3n) is 3.90. The molecule has 1 aliphatic heterocycles. The molecule has 31 heavy (non-hydrogen) atoms. The van der Waals surface area contributed by atoms with Crippen LogP contribution in [0.1, 0.15) is 27.7 Å². The van der Waals surface area contributed by atoms with Crippen LogP contribution in [0.25, 0.3) is 0 Å². The normalized spacial score (nSPS) is 28.9. The number of rotatable bonds is 6. The molecule has 1 rings (SSSR count). The minimum atomic E-state index is -6.64. The van der Waals surface area contributed by atoms with Gasteiger partial charge < -0.3 is 29.4 Å². The summed E-state index contributed by atoms with van der Waals surface area (Å²) in [6.07, 6.45) is -7.28. The topological polar surface area (TPSA) is 172 Å². The van der Waals surface area contributed by atoms with Crippen LogP contribution in [-0.2, 0) is 48.0 Å². The van der Waals surface area contributed by atoms with Crippen molar-refractivity contribution < 1.29 is 64.8 Å². The Labute approximate surface area is 173 Å². The summed E-state index contributed by atoms with van der Waals surface area (Å²) in [5.74, 6) is -4.52. The lowest BCUT2D eigenvalue weighted by Crippen LogP contribution is -2.75. The van der Waals surface area contributed by atoms with Gasteiger partial charge in [-0.25, -0.2) is 8.42 Å². The monoisotopic (exact) mass is 479 g/mol. The van der Waals surface area contributed by atoms with E-state index in [1.165, 1.54) is 0 Å². The number of esters is 3. The van der Waals surface area contributed by atoms with Gasteiger partial charge in [0.1, 0.15) is 18.8 Å². The van der Waals surface area contributed by atoms with E-state index in [2.05, 4.69) is 9.47 Å². The summed E-state index contributed by atoms with van der Waals surface area (Å²) in [5, 5.41) is 12.8. The fourth-order valence-corrected chi connectivity index (χ4v) is 4.11. The van der Waals surface area contributed by atoms with E-state index in [9.17, 15) is 45.9 Å². The molecule has 0 saturated carbocycles. The lowest BCUT2D eigenvalue weighted by atomic mass is 9.95. The van der Waals surface area contributed by atoms with Gasteiger partial charge in [-0.1, -0.05) is 0 Å². The van der Waals surface area contributed by atoms with E-state index in [0.29, 0.717) is 6.92 Å². The Morgan fingerprint density at radius 3 is 1.94 bits per heavy atom. The van der Waals surface area contributed by atoms with Crippen molar-refractivity contribution in [3.63, 3.8) is 0 Å². The van der Waals surface area contributed by atoms with Crippen molar-refractivity contribution in [1.29, 1.82) is 0 Å². The molecule has 1 fully saturated rings. The standard InChI is InChI=1S/C15H20F3NO11S/c1-6(20)19-11-12(28-8(3)22)14(24,31(25,26)15(16,17)18)10(5-27-7(2)21)30-13(11)29-9(4)23/h10-13,24H,5H2,1-4H3,(H,19,20)/t10-,11-,12-,13+,14+/m1/s1. The van der Waals surface area contributed by atoms with Gasteiger partial charge in [0.15, 0.2) is 6.10 Å². The molecule has 1 aliphatic rings. The molecule has 1 amide bonds. The number of sulfone groups is 1. The second kappa shape index (κ2) is 9.35. The Balaban J connectivity index is 3.79. The maximum Gasteiger partial charge on any atom is 0.500 e. The van der Waals surface area contributed by atoms with Crippen molar-refractivity contribution in [2.45, 2.75) is 62.7 Å². The van der Waals surface area contributed by atoms with Crippen molar-refractivity contribution in [3.05, 3.63) is 0 Å². The van der Waals surface area contributed by atoms with Crippen LogP contribution < -0.4 is 5.32 Å². The summed E-state index contributed by atoms with van der Waals surface area (Å²) in [6.45, 7) is 1.95. The molecule has 0 aromatic carbocycles. The largest absolute Gasteiger partial charge is 0.500 e. The highest BCUT2D eigenvalue weighted by molar-refractivity contribution is 7.93. The highest BCUT2D eigenvalue weighted by Crippen LogP contribution is 2.43. The minimum Gasteiger partial charge on any atom is -0.463 e. The number of aliphatic hydroxyl groups is 1. The van der Waals surface area contributed by atoms with Gasteiger partial charge in [0.2, 0.25) is 17.1 Å². The number of carbonyl (C=O) groups is 4. The van der Waals surface area contributed by atoms with Gasteiger partial charge >= 0.3 is 23.4 Å². The Morgan fingerprint density at radius 1 is 1.03 bits per heavy atom. The van der Waals surface area contributed by atoms with Crippen molar-refractivity contribution in [1.82, 2.24) is 5.32 Å². The Hall–Kier alpha value is -2.46. The Kier molecular flexibility index (Phi) is 8.02. The molecule has 0 aromatic rings. The molecular formula is C15H20F3NO11S. The van der Waals surface area contributed by atoms with Crippen LogP contribution in [-0.4, -0.2) is 78.9 Å². The number of carbonyl (C=O) groups excluding carboxylic acids is 4. The maximum atomic E-state index is 13.4. The summed E-state index contributed by atoms with van der Waals surface area (Å²) in [6, 6.07) is -2.10. The summed E-state index contributed by atoms with van der Waals surface area (Å²) in [4.78, 5) is 41.5. The van der Waals surface area contributed by atoms with E-state index in [-0.39, 0.29) is 0 Å². The SMILES string of the molecule is CC(=O)N[C@H]1[C@@H](OC(C)=O)O[C@H](COC(C)=O)[C@](O)(S(=O)(=O)C(F)(F)F)[C@@H]1OC(C)=O. The average molecular weight is 479 g/mol. The van der Waals surface area contributed by atoms with Crippen LogP contribution in [0.4, 0.5) is 13.2 Å². The number of alkyl halides is 3. The molecule has 0 bridgehead atoms. The van der Waals surface area contributed by atoms with Gasteiger partial charge in [0.25, 0.3) is 9.84 Å². The van der Waals surface area contributed by atoms with Gasteiger partial charge in [-0.2, -0.15) is 13.2 Å². The first kappa shape index (κ1) is 26.6. The molecule has 0 aromatic heterocycles. The average Bonchev–Trinajstić information content (AvgIpc) is 2.56. The molecule has 1 heterocycles. The van der Waals surface area contributed by atoms with Crippen molar-refractivity contribution in [2.24, 2.45) is 0 Å². The molecule has 178 valence electrons. The van der Waals surface area contributed by atoms with Gasteiger partial charge in [0.05, 0.1) is 0 Å². The van der Waals surface area contributed by atoms with Gasteiger partial charge in [-0.05, 0) is 0 Å². The molecule has 0 aliphatic carbocycles. The second-order valence-electron chi connectivity index (χ2n) is 6.36. The van der Waals surface area contributed by atoms with Gasteiger partial charge in [-0.3, -0.25) is 19.2 Å². The first-order chi connectivity index (χ1) is 13.9. The highest BCUT2D eigenvalue weighted by atomic mass is 32.2. The van der Waals surface area contributed by atoms with Gasteiger partial charge in [0, 0.05) is 27.7 Å². The molecule has 5 atom stereocenters. The first-order valence-corrected chi connectivity index (χ1v) is 9.87. The fourth-order valence-electron chi connectivity index (χ4n) is 2.77. The quantitative estimate of drug-likeness (QED) is 0.350. The van der Waals surface area contributed by atoms with E-state index in [0.717, 1.165) is 20.8 Å². The van der Waals surface area contributed by atoms with Crippen LogP contribution in [0.2, 0.25) is 0 Å². The van der Waals surface area contributed by atoms with Crippen LogP contribution in [0.5, 0.6) is 0 Å². The third-order valence-corrected chi connectivity index (χ3v) is 5.87. The molecule has 16 heteroatoms. The van der Waals surface area contributed by atoms with E-state index in [1.54, 1.807) is 0 Å². The van der Waals surface area contributed by atoms with E-state index >= 15 is 0 Å². The van der Waals surface area contributed by atoms with Crippen LogP contribution in [0.15, 0.2) is 0 Å². The molecule has 12 nitrogen and oxygen atoms in total. The van der Waals surface area contributed by atoms with E-state index < -0.39 is 75.2 Å². The van der Waals surface area contributed by atoms with Crippen molar-refractivity contribution >= 4 is 33.7 Å². The fraction of sp³-hybridized carbons (Fsp3) is 0.733. The zero-order valence-corrected chi connectivity index (χ0v) is 17.4. The number of hydrogen-bond donors (Lipinski definition) is 2. The summed E-state index contributed by atoms with van der Waals surface area (Å²) in [7, 11) is -6.64. The Morgan fingerprint density at radius 2 is 1.55 bits per heavy atom. The number of nitrogens with one attached hydrogen (secondary N) is 1. The molecule has 0 radical (unpaired) electrons. The van der Waals surface area contributed by atoms with Crippen LogP contribution in [0.3, 0.4) is 0 Å². The molecule has 0 unspecified atom stereocenters. The predicted molar refractivity (Wildman–Crippen MR) is 90.1 cm³/mol. The number of hydrogen-bond acceptors (Lipinski definition) is 11. The van der Waals surface area contributed by atoms with Crippen molar-refractivity contribution in [2.75, 3.05) is 6.61 Å². The second-order valence-corrected chi connectivity index (χ2v) is 8.49. The van der Waals surface area contributed by atoms with E-state index in [1.807, 2.05) is 5.32 Å². The maximum absolute atomic E-state index is 13.4. The zero-order valence-electron chi connectivity index (χ0n) is 16.6. The first-order valence-electron chi connectivity index (χ1n) is 8.38. The van der Waals surface area contributed by atoms with Gasteiger partial charge in [-0.15, -0.1) is 0 Å². The molecule has 2 N–H and O–H groups in total.